The minimum Gasteiger partial charge on any atom is -0.357 e. The number of likely N-dealkylation sites (tertiary alicyclic amines) is 1. The van der Waals surface area contributed by atoms with Gasteiger partial charge in [0.1, 0.15) is 0 Å². The largest absolute Gasteiger partial charge is 0.357 e. The maximum Gasteiger partial charge on any atom is 0.193 e. The van der Waals surface area contributed by atoms with Crippen molar-refractivity contribution >= 4 is 29.9 Å². The molecule has 1 aliphatic rings. The number of hydrogen-bond donors (Lipinski definition) is 1. The number of rotatable bonds is 5. The fourth-order valence-electron chi connectivity index (χ4n) is 2.72. The van der Waals surface area contributed by atoms with Gasteiger partial charge in [-0.15, -0.1) is 24.0 Å². The van der Waals surface area contributed by atoms with Crippen LogP contribution >= 0.6 is 24.0 Å². The summed E-state index contributed by atoms with van der Waals surface area (Å²) < 4.78 is 0. The number of nitrogens with one attached hydrogen (secondary N) is 1. The van der Waals surface area contributed by atoms with Crippen LogP contribution in [-0.2, 0) is 0 Å². The minimum absolute atomic E-state index is 0. The molecule has 1 fully saturated rings. The van der Waals surface area contributed by atoms with Crippen molar-refractivity contribution in [2.75, 3.05) is 26.2 Å². The second-order valence-electron chi connectivity index (χ2n) is 5.43. The van der Waals surface area contributed by atoms with E-state index in [4.69, 9.17) is 4.99 Å². The maximum atomic E-state index is 4.74. The van der Waals surface area contributed by atoms with Gasteiger partial charge in [-0.05, 0) is 25.3 Å². The second-order valence-corrected chi connectivity index (χ2v) is 5.43. The summed E-state index contributed by atoms with van der Waals surface area (Å²) in [6, 6.07) is 10.9. The van der Waals surface area contributed by atoms with Crippen molar-refractivity contribution in [3.05, 3.63) is 35.9 Å². The molecule has 1 aliphatic heterocycles. The average Bonchev–Trinajstić information content (AvgIpc) is 2.97. The lowest BCUT2D eigenvalue weighted by atomic mass is 9.99. The topological polar surface area (TPSA) is 27.6 Å². The zero-order valence-corrected chi connectivity index (χ0v) is 15.5. The summed E-state index contributed by atoms with van der Waals surface area (Å²) in [4.78, 5) is 7.16. The number of halogens is 1. The first-order valence-electron chi connectivity index (χ1n) is 7.93. The Morgan fingerprint density at radius 2 is 2.05 bits per heavy atom. The summed E-state index contributed by atoms with van der Waals surface area (Å²) in [6.45, 7) is 8.42. The predicted molar refractivity (Wildman–Crippen MR) is 102 cm³/mol. The van der Waals surface area contributed by atoms with Crippen molar-refractivity contribution in [1.29, 1.82) is 0 Å². The maximum absolute atomic E-state index is 4.74. The third kappa shape index (κ3) is 5.49. The Balaban J connectivity index is 0.00000220. The quantitative estimate of drug-likeness (QED) is 0.351. The predicted octanol–water partition coefficient (Wildman–Crippen LogP) is 3.86. The molecule has 1 unspecified atom stereocenters. The first-order chi connectivity index (χ1) is 9.85. The molecule has 0 aromatic heterocycles. The first kappa shape index (κ1) is 18.3. The Morgan fingerprint density at radius 3 is 2.71 bits per heavy atom. The minimum atomic E-state index is 0. The molecule has 4 heteroatoms. The fourth-order valence-corrected chi connectivity index (χ4v) is 2.72. The van der Waals surface area contributed by atoms with Crippen molar-refractivity contribution in [3.8, 4) is 0 Å². The molecule has 0 saturated carbocycles. The smallest absolute Gasteiger partial charge is 0.193 e. The van der Waals surface area contributed by atoms with Gasteiger partial charge >= 0.3 is 0 Å². The van der Waals surface area contributed by atoms with Gasteiger partial charge in [0.25, 0.3) is 0 Å². The van der Waals surface area contributed by atoms with Crippen LogP contribution in [0.4, 0.5) is 0 Å². The van der Waals surface area contributed by atoms with Gasteiger partial charge in [-0.3, -0.25) is 4.99 Å². The van der Waals surface area contributed by atoms with Gasteiger partial charge in [0, 0.05) is 32.1 Å². The molecule has 1 atom stereocenters. The Morgan fingerprint density at radius 1 is 1.29 bits per heavy atom. The molecule has 0 amide bonds. The number of nitrogens with zero attached hydrogens (tertiary/aromatic N) is 2. The third-order valence-corrected chi connectivity index (χ3v) is 3.87. The van der Waals surface area contributed by atoms with E-state index in [1.807, 2.05) is 0 Å². The molecule has 3 nitrogen and oxygen atoms in total. The van der Waals surface area contributed by atoms with Gasteiger partial charge in [-0.1, -0.05) is 43.7 Å². The van der Waals surface area contributed by atoms with Crippen LogP contribution in [0.3, 0.4) is 0 Å². The highest BCUT2D eigenvalue weighted by Gasteiger charge is 2.25. The summed E-state index contributed by atoms with van der Waals surface area (Å²) in [5.41, 5.74) is 1.46. The Bertz CT molecular complexity index is 419. The van der Waals surface area contributed by atoms with Crippen LogP contribution in [-0.4, -0.2) is 37.0 Å². The van der Waals surface area contributed by atoms with Crippen LogP contribution < -0.4 is 5.32 Å². The number of guanidine groups is 1. The van der Waals surface area contributed by atoms with Crippen molar-refractivity contribution in [1.82, 2.24) is 10.2 Å². The van der Waals surface area contributed by atoms with Crippen molar-refractivity contribution in [3.63, 3.8) is 0 Å². The Kier molecular flexibility index (Phi) is 8.73. The number of hydrogen-bond acceptors (Lipinski definition) is 1. The van der Waals surface area contributed by atoms with E-state index in [1.54, 1.807) is 0 Å². The fraction of sp³-hybridized carbons (Fsp3) is 0.588. The summed E-state index contributed by atoms with van der Waals surface area (Å²) in [5, 5.41) is 3.43. The van der Waals surface area contributed by atoms with Crippen LogP contribution in [0.25, 0.3) is 0 Å². The Hall–Kier alpha value is -0.780. The molecule has 0 radical (unpaired) electrons. The monoisotopic (exact) mass is 401 g/mol. The molecule has 0 aliphatic carbocycles. The van der Waals surface area contributed by atoms with E-state index in [1.165, 1.54) is 24.8 Å². The van der Waals surface area contributed by atoms with Crippen LogP contribution in [0.1, 0.15) is 44.6 Å². The van der Waals surface area contributed by atoms with Crippen molar-refractivity contribution < 1.29 is 0 Å². The lowest BCUT2D eigenvalue weighted by Gasteiger charge is -2.21. The van der Waals surface area contributed by atoms with Crippen molar-refractivity contribution in [2.45, 2.75) is 39.0 Å². The van der Waals surface area contributed by atoms with Gasteiger partial charge < -0.3 is 10.2 Å². The molecule has 0 bridgehead atoms. The highest BCUT2D eigenvalue weighted by atomic mass is 127. The highest BCUT2D eigenvalue weighted by Crippen LogP contribution is 2.26. The SMILES string of the molecule is CCCCN=C(NCC)N1CCC(c2ccccc2)C1.I. The van der Waals surface area contributed by atoms with E-state index in [2.05, 4.69) is 54.4 Å². The number of aliphatic imine (C=N–C) groups is 1. The lowest BCUT2D eigenvalue weighted by molar-refractivity contribution is 0.485. The van der Waals surface area contributed by atoms with Crippen LogP contribution in [0.15, 0.2) is 35.3 Å². The molecule has 1 aromatic carbocycles. The molecule has 21 heavy (non-hydrogen) atoms. The molecular formula is C17H28IN3. The van der Waals surface area contributed by atoms with Crippen LogP contribution in [0.2, 0.25) is 0 Å². The summed E-state index contributed by atoms with van der Waals surface area (Å²) in [6.07, 6.45) is 3.60. The van der Waals surface area contributed by atoms with Crippen molar-refractivity contribution in [2.24, 2.45) is 4.99 Å². The van der Waals surface area contributed by atoms with E-state index in [0.29, 0.717) is 5.92 Å². The van der Waals surface area contributed by atoms with Crippen LogP contribution in [0, 0.1) is 0 Å². The van der Waals surface area contributed by atoms with Gasteiger partial charge in [0.05, 0.1) is 0 Å². The summed E-state index contributed by atoms with van der Waals surface area (Å²) >= 11 is 0. The number of unbranched alkanes of at least 4 members (excludes halogenated alkanes) is 1. The van der Waals surface area contributed by atoms with Crippen LogP contribution in [0.5, 0.6) is 0 Å². The molecule has 1 aromatic rings. The van der Waals surface area contributed by atoms with E-state index >= 15 is 0 Å². The zero-order chi connectivity index (χ0) is 14.2. The van der Waals surface area contributed by atoms with E-state index < -0.39 is 0 Å². The molecule has 1 heterocycles. The molecule has 2 rings (SSSR count). The number of benzene rings is 1. The summed E-state index contributed by atoms with van der Waals surface area (Å²) in [5.74, 6) is 1.74. The molecule has 0 spiro atoms. The van der Waals surface area contributed by atoms with Gasteiger partial charge in [0.15, 0.2) is 5.96 Å². The lowest BCUT2D eigenvalue weighted by Crippen LogP contribution is -2.40. The second kappa shape index (κ2) is 10.0. The highest BCUT2D eigenvalue weighted by molar-refractivity contribution is 14.0. The molecule has 1 N–H and O–H groups in total. The normalized spacial score (nSPS) is 18.5. The van der Waals surface area contributed by atoms with E-state index in [0.717, 1.165) is 32.1 Å². The standard InChI is InChI=1S/C17H27N3.HI/c1-3-5-12-19-17(18-4-2)20-13-11-16(14-20)15-9-7-6-8-10-15;/h6-10,16H,3-5,11-14H2,1-2H3,(H,18,19);1H. The first-order valence-corrected chi connectivity index (χ1v) is 7.93. The van der Waals surface area contributed by atoms with E-state index in [-0.39, 0.29) is 24.0 Å². The molecule has 1 saturated heterocycles. The van der Waals surface area contributed by atoms with Gasteiger partial charge in [-0.2, -0.15) is 0 Å². The Labute approximate surface area is 146 Å². The summed E-state index contributed by atoms with van der Waals surface area (Å²) in [7, 11) is 0. The molecular weight excluding hydrogens is 373 g/mol. The van der Waals surface area contributed by atoms with Gasteiger partial charge in [-0.25, -0.2) is 0 Å². The molecule has 118 valence electrons. The van der Waals surface area contributed by atoms with Gasteiger partial charge in [0.2, 0.25) is 0 Å². The third-order valence-electron chi connectivity index (χ3n) is 3.87. The van der Waals surface area contributed by atoms with E-state index in [9.17, 15) is 0 Å². The zero-order valence-electron chi connectivity index (χ0n) is 13.2. The average molecular weight is 401 g/mol.